The van der Waals surface area contributed by atoms with Crippen LogP contribution in [-0.2, 0) is 53.8 Å². The summed E-state index contributed by atoms with van der Waals surface area (Å²) in [5.41, 5.74) is -1.28. The molecule has 0 aromatic heterocycles. The van der Waals surface area contributed by atoms with Gasteiger partial charge in [-0.1, -0.05) is 27.2 Å². The van der Waals surface area contributed by atoms with E-state index in [1.165, 1.54) is 26.0 Å². The molecular weight excluding hydrogens is 646 g/mol. The van der Waals surface area contributed by atoms with Crippen LogP contribution in [0.25, 0.3) is 0 Å². The SMILES string of the molecule is CC(OC(=O)C(C)(C)C)O[P+](=O)c1ccc(CCCCS(=O)(=O)O)c([P+](=O)OC(C)OC(=O)C(C)(C)C)c1Oc1ccccc1. The summed E-state index contributed by atoms with van der Waals surface area (Å²) in [5.74, 6) is -1.45. The molecule has 0 spiro atoms. The highest BCUT2D eigenvalue weighted by Gasteiger charge is 2.43. The molecule has 0 bridgehead atoms. The van der Waals surface area contributed by atoms with Gasteiger partial charge in [0, 0.05) is 19.4 Å². The van der Waals surface area contributed by atoms with E-state index in [1.807, 2.05) is 0 Å². The average molecular weight is 689 g/mol. The number of hydrogen-bond acceptors (Lipinski definition) is 11. The van der Waals surface area contributed by atoms with Crippen molar-refractivity contribution >= 4 is 48.7 Å². The first-order valence-electron chi connectivity index (χ1n) is 14.2. The Hall–Kier alpha value is -2.79. The second-order valence-corrected chi connectivity index (χ2v) is 16.2. The van der Waals surface area contributed by atoms with Gasteiger partial charge in [-0.3, -0.25) is 14.1 Å². The lowest BCUT2D eigenvalue weighted by molar-refractivity contribution is -0.171. The highest BCUT2D eigenvalue weighted by atomic mass is 32.2. The number of para-hydroxylation sites is 1. The molecule has 0 radical (unpaired) electrons. The third-order valence-corrected chi connectivity index (χ3v) is 9.28. The topological polar surface area (TPSA) is 169 Å². The molecule has 1 N–H and O–H groups in total. The number of ether oxygens (including phenoxy) is 3. The van der Waals surface area contributed by atoms with Gasteiger partial charge in [0.05, 0.1) is 16.6 Å². The molecule has 0 aliphatic carbocycles. The van der Waals surface area contributed by atoms with Gasteiger partial charge in [0.1, 0.15) is 5.75 Å². The lowest BCUT2D eigenvalue weighted by Gasteiger charge is -2.18. The van der Waals surface area contributed by atoms with Crippen LogP contribution in [0.4, 0.5) is 0 Å². The van der Waals surface area contributed by atoms with Crippen molar-refractivity contribution in [3.05, 3.63) is 48.0 Å². The maximum absolute atomic E-state index is 13.9. The van der Waals surface area contributed by atoms with Crippen LogP contribution in [-0.4, -0.2) is 43.2 Å². The second kappa shape index (κ2) is 16.2. The minimum atomic E-state index is -4.19. The number of carbonyl (C=O) groups excluding carboxylic acids is 2. The quantitative estimate of drug-likeness (QED) is 0.0727. The smallest absolute Gasteiger partial charge is 0.448 e. The zero-order valence-corrected chi connectivity index (χ0v) is 29.4. The molecule has 4 unspecified atom stereocenters. The Bertz CT molecular complexity index is 1480. The molecule has 2 aromatic rings. The zero-order valence-electron chi connectivity index (χ0n) is 26.8. The van der Waals surface area contributed by atoms with E-state index < -0.39 is 67.3 Å². The van der Waals surface area contributed by atoms with Gasteiger partial charge in [-0.15, -0.1) is 0 Å². The summed E-state index contributed by atoms with van der Waals surface area (Å²) >= 11 is 0. The minimum Gasteiger partial charge on any atom is -0.448 e. The molecule has 0 saturated heterocycles. The van der Waals surface area contributed by atoms with Gasteiger partial charge in [-0.2, -0.15) is 8.42 Å². The predicted molar refractivity (Wildman–Crippen MR) is 169 cm³/mol. The maximum Gasteiger partial charge on any atom is 0.557 e. The van der Waals surface area contributed by atoms with Gasteiger partial charge in [-0.25, -0.2) is 0 Å². The fraction of sp³-hybridized carbons (Fsp3) is 0.533. The summed E-state index contributed by atoms with van der Waals surface area (Å²) in [6, 6.07) is 11.4. The number of carbonyl (C=O) groups is 2. The van der Waals surface area contributed by atoms with E-state index in [9.17, 15) is 27.1 Å². The van der Waals surface area contributed by atoms with Crippen LogP contribution >= 0.6 is 16.1 Å². The van der Waals surface area contributed by atoms with Crippen molar-refractivity contribution in [2.45, 2.75) is 87.2 Å². The summed E-state index contributed by atoms with van der Waals surface area (Å²) in [7, 11) is -9.80. The van der Waals surface area contributed by atoms with Crippen LogP contribution in [0.3, 0.4) is 0 Å². The molecule has 2 aromatic carbocycles. The Labute approximate surface area is 266 Å². The summed E-state index contributed by atoms with van der Waals surface area (Å²) in [6.07, 6.45) is -1.93. The van der Waals surface area contributed by atoms with Gasteiger partial charge in [0.15, 0.2) is 0 Å². The molecule has 2 rings (SSSR count). The first kappa shape index (κ1) is 38.4. The molecule has 4 atom stereocenters. The fourth-order valence-corrected chi connectivity index (χ4v) is 6.30. The van der Waals surface area contributed by atoms with E-state index in [1.54, 1.807) is 71.9 Å². The first-order chi connectivity index (χ1) is 20.7. The van der Waals surface area contributed by atoms with Crippen molar-refractivity contribution in [3.63, 3.8) is 0 Å². The number of esters is 2. The molecule has 248 valence electrons. The molecule has 0 aliphatic rings. The highest BCUT2D eigenvalue weighted by Crippen LogP contribution is 2.38. The van der Waals surface area contributed by atoms with Crippen LogP contribution < -0.4 is 15.3 Å². The van der Waals surface area contributed by atoms with Crippen molar-refractivity contribution in [1.29, 1.82) is 0 Å². The van der Waals surface area contributed by atoms with Gasteiger partial charge in [-0.05, 0) is 94.2 Å². The first-order valence-corrected chi connectivity index (χ1v) is 18.2. The van der Waals surface area contributed by atoms with Crippen molar-refractivity contribution in [2.24, 2.45) is 10.8 Å². The average Bonchev–Trinajstić information content (AvgIpc) is 2.89. The molecule has 0 fully saturated rings. The van der Waals surface area contributed by atoms with Crippen molar-refractivity contribution < 1.29 is 54.9 Å². The monoisotopic (exact) mass is 688 g/mol. The summed E-state index contributed by atoms with van der Waals surface area (Å²) < 4.78 is 87.0. The van der Waals surface area contributed by atoms with Crippen LogP contribution in [0.15, 0.2) is 42.5 Å². The molecule has 0 amide bonds. The predicted octanol–water partition coefficient (Wildman–Crippen LogP) is 6.33. The number of hydrogen-bond donors (Lipinski definition) is 1. The normalized spacial score (nSPS) is 14.2. The summed E-state index contributed by atoms with van der Waals surface area (Å²) in [4.78, 5) is 24.8. The number of unbranched alkanes of at least 4 members (excludes halogenated alkanes) is 1. The van der Waals surface area contributed by atoms with E-state index in [2.05, 4.69) is 0 Å². The second-order valence-electron chi connectivity index (χ2n) is 12.3. The van der Waals surface area contributed by atoms with E-state index in [4.69, 9.17) is 27.8 Å². The van der Waals surface area contributed by atoms with Crippen LogP contribution in [0.5, 0.6) is 11.5 Å². The lowest BCUT2D eigenvalue weighted by Crippen LogP contribution is -2.28. The number of benzene rings is 2. The molecule has 0 aliphatic heterocycles. The molecule has 12 nitrogen and oxygen atoms in total. The minimum absolute atomic E-state index is 0.0110. The molecule has 0 heterocycles. The molecule has 15 heteroatoms. The Morgan fingerprint density at radius 2 is 1.31 bits per heavy atom. The third-order valence-electron chi connectivity index (χ3n) is 5.89. The molecule has 45 heavy (non-hydrogen) atoms. The van der Waals surface area contributed by atoms with Crippen molar-refractivity contribution in [1.82, 2.24) is 0 Å². The van der Waals surface area contributed by atoms with Crippen LogP contribution in [0.1, 0.15) is 73.8 Å². The Morgan fingerprint density at radius 1 is 0.800 bits per heavy atom. The van der Waals surface area contributed by atoms with Crippen molar-refractivity contribution in [2.75, 3.05) is 5.75 Å². The van der Waals surface area contributed by atoms with Gasteiger partial charge in [0.2, 0.25) is 5.75 Å². The Kier molecular flexibility index (Phi) is 13.8. The number of rotatable bonds is 15. The molecular formula is C30H42O12P2S+2. The summed E-state index contributed by atoms with van der Waals surface area (Å²) in [6.45, 7) is 12.7. The summed E-state index contributed by atoms with van der Waals surface area (Å²) in [5, 5.41) is -0.0290. The number of aryl methyl sites for hydroxylation is 1. The largest absolute Gasteiger partial charge is 0.557 e. The van der Waals surface area contributed by atoms with Crippen LogP contribution in [0.2, 0.25) is 0 Å². The fourth-order valence-electron chi connectivity index (χ4n) is 3.53. The third kappa shape index (κ3) is 12.9. The van der Waals surface area contributed by atoms with E-state index in [0.717, 1.165) is 0 Å². The molecule has 0 saturated carbocycles. The van der Waals surface area contributed by atoms with E-state index in [-0.39, 0.29) is 35.6 Å². The van der Waals surface area contributed by atoms with Gasteiger partial charge < -0.3 is 14.2 Å². The van der Waals surface area contributed by atoms with Gasteiger partial charge in [0.25, 0.3) is 33.3 Å². The maximum atomic E-state index is 13.9. The Balaban J connectivity index is 2.58. The van der Waals surface area contributed by atoms with E-state index >= 15 is 0 Å². The van der Waals surface area contributed by atoms with Gasteiger partial charge >= 0.3 is 28.0 Å². The van der Waals surface area contributed by atoms with E-state index in [0.29, 0.717) is 11.3 Å². The zero-order chi connectivity index (χ0) is 34.2. The standard InChI is InChI=1S/C30H41O12P2S/c1-20(38-27(31)29(3,4)5)41-43(33)24-18-17-22(14-12-13-19-45(35,36)37)26(25(24)40-23-15-10-9-11-16-23)44(34)42-21(2)39-28(32)30(6,7)8/h9-11,15-18,20-21H,12-14,19H2,1-8H3/q+1/p+1. The van der Waals surface area contributed by atoms with Crippen molar-refractivity contribution in [3.8, 4) is 11.5 Å². The van der Waals surface area contributed by atoms with Crippen LogP contribution in [0, 0.1) is 10.8 Å². The highest BCUT2D eigenvalue weighted by molar-refractivity contribution is 7.85. The lowest BCUT2D eigenvalue weighted by atomic mass is 9.97. The Morgan fingerprint density at radius 3 is 1.80 bits per heavy atom.